The smallest absolute Gasteiger partial charge is 0.303 e. The van der Waals surface area contributed by atoms with Crippen molar-refractivity contribution in [2.24, 2.45) is 11.8 Å². The highest BCUT2D eigenvalue weighted by molar-refractivity contribution is 5.83. The zero-order valence-electron chi connectivity index (χ0n) is 20.9. The van der Waals surface area contributed by atoms with E-state index < -0.39 is 12.1 Å². The van der Waals surface area contributed by atoms with Crippen LogP contribution >= 0.6 is 0 Å². The van der Waals surface area contributed by atoms with Crippen LogP contribution in [0.2, 0.25) is 0 Å². The molecular weight excluding hydrogens is 455 g/mol. The van der Waals surface area contributed by atoms with Gasteiger partial charge in [0.2, 0.25) is 0 Å². The molecule has 1 saturated heterocycles. The highest BCUT2D eigenvalue weighted by atomic mass is 19.1. The van der Waals surface area contributed by atoms with Gasteiger partial charge in [0.05, 0.1) is 19.2 Å². The van der Waals surface area contributed by atoms with Gasteiger partial charge in [-0.25, -0.2) is 4.39 Å². The highest BCUT2D eigenvalue weighted by Gasteiger charge is 2.31. The zero-order valence-corrected chi connectivity index (χ0v) is 20.9. The summed E-state index contributed by atoms with van der Waals surface area (Å²) in [7, 11) is 1.59. The van der Waals surface area contributed by atoms with Crippen LogP contribution in [0.1, 0.15) is 48.5 Å². The molecule has 1 aromatic heterocycles. The molecule has 1 fully saturated rings. The van der Waals surface area contributed by atoms with Gasteiger partial charge in [-0.2, -0.15) is 0 Å². The predicted octanol–water partition coefficient (Wildman–Crippen LogP) is 5.81. The number of carboxylic acids is 1. The quantitative estimate of drug-likeness (QED) is 0.406. The van der Waals surface area contributed by atoms with Gasteiger partial charge in [0.25, 0.3) is 0 Å². The van der Waals surface area contributed by atoms with Crippen LogP contribution in [0.25, 0.3) is 10.9 Å². The monoisotopic (exact) mass is 488 g/mol. The minimum atomic E-state index is -1.15. The molecule has 0 amide bonds. The van der Waals surface area contributed by atoms with Gasteiger partial charge < -0.3 is 9.84 Å². The number of nitrogens with zero attached hydrogens (tertiary/aromatic N) is 2. The number of pyridine rings is 1. The van der Waals surface area contributed by atoms with Crippen molar-refractivity contribution < 1.29 is 19.0 Å². The maximum absolute atomic E-state index is 15.5. The summed E-state index contributed by atoms with van der Waals surface area (Å²) in [6.07, 6.45) is 2.44. The molecule has 3 atom stereocenters. The van der Waals surface area contributed by atoms with Gasteiger partial charge in [0.1, 0.15) is 11.9 Å². The first kappa shape index (κ1) is 25.7. The van der Waals surface area contributed by atoms with Crippen molar-refractivity contribution >= 4 is 16.9 Å². The fraction of sp³-hybridized carbons (Fsp3) is 0.400. The third-order valence-electron chi connectivity index (χ3n) is 7.19. The number of fused-ring (bicyclic) bond motifs is 1. The van der Waals surface area contributed by atoms with Crippen LogP contribution in [0.15, 0.2) is 54.7 Å². The van der Waals surface area contributed by atoms with E-state index in [0.717, 1.165) is 35.0 Å². The number of halogens is 1. The number of aromatic nitrogens is 1. The molecule has 0 radical (unpaired) electrons. The van der Waals surface area contributed by atoms with E-state index in [2.05, 4.69) is 21.7 Å². The fourth-order valence-corrected chi connectivity index (χ4v) is 5.16. The van der Waals surface area contributed by atoms with E-state index in [1.54, 1.807) is 19.4 Å². The number of benzene rings is 2. The molecule has 0 bridgehead atoms. The van der Waals surface area contributed by atoms with Gasteiger partial charge in [-0.1, -0.05) is 30.0 Å². The Morgan fingerprint density at radius 1 is 1.25 bits per heavy atom. The number of methoxy groups -OCH3 is 1. The molecule has 1 N–H and O–H groups in total. The second kappa shape index (κ2) is 12.0. The lowest BCUT2D eigenvalue weighted by atomic mass is 9.79. The molecule has 1 unspecified atom stereocenters. The number of alkyl halides is 1. The minimum absolute atomic E-state index is 0.0158. The van der Waals surface area contributed by atoms with E-state index in [0.29, 0.717) is 37.2 Å². The zero-order chi connectivity index (χ0) is 25.5. The van der Waals surface area contributed by atoms with E-state index in [-0.39, 0.29) is 18.3 Å². The van der Waals surface area contributed by atoms with Crippen molar-refractivity contribution in [2.75, 3.05) is 26.7 Å². The Kier molecular flexibility index (Phi) is 8.56. The van der Waals surface area contributed by atoms with E-state index in [4.69, 9.17) is 4.74 Å². The molecular formula is C30H33FN2O3. The van der Waals surface area contributed by atoms with Gasteiger partial charge in [-0.3, -0.25) is 14.7 Å². The van der Waals surface area contributed by atoms with E-state index in [9.17, 15) is 9.90 Å². The topological polar surface area (TPSA) is 62.7 Å². The van der Waals surface area contributed by atoms with Crippen LogP contribution in [0.3, 0.4) is 0 Å². The first-order valence-corrected chi connectivity index (χ1v) is 12.5. The van der Waals surface area contributed by atoms with Gasteiger partial charge in [-0.05, 0) is 86.0 Å². The lowest BCUT2D eigenvalue weighted by Gasteiger charge is -2.37. The van der Waals surface area contributed by atoms with Crippen LogP contribution in [-0.4, -0.2) is 47.7 Å². The molecule has 0 spiro atoms. The number of hydrogen-bond donors (Lipinski definition) is 1. The maximum Gasteiger partial charge on any atom is 0.303 e. The Labute approximate surface area is 212 Å². The number of carbonyl (C=O) groups is 1. The number of likely N-dealkylation sites (tertiary alicyclic amines) is 1. The number of carboxylic acid groups (broad SMARTS) is 1. The fourth-order valence-electron chi connectivity index (χ4n) is 5.16. The summed E-state index contributed by atoms with van der Waals surface area (Å²) in [6.45, 7) is 4.16. The summed E-state index contributed by atoms with van der Waals surface area (Å²) in [5, 5.41) is 10.3. The van der Waals surface area contributed by atoms with Crippen molar-refractivity contribution in [3.8, 4) is 17.6 Å². The number of aliphatic carboxylic acids is 1. The molecule has 5 nitrogen and oxygen atoms in total. The normalized spacial score (nSPS) is 18.9. The van der Waals surface area contributed by atoms with Crippen molar-refractivity contribution in [3.63, 3.8) is 0 Å². The maximum atomic E-state index is 15.5. The van der Waals surface area contributed by atoms with Crippen LogP contribution in [0, 0.1) is 30.6 Å². The average molecular weight is 489 g/mol. The second-order valence-corrected chi connectivity index (χ2v) is 9.59. The summed E-state index contributed by atoms with van der Waals surface area (Å²) < 4.78 is 20.8. The molecule has 1 aliphatic rings. The Morgan fingerprint density at radius 3 is 2.86 bits per heavy atom. The molecule has 0 saturated carbocycles. The number of rotatable bonds is 8. The third-order valence-corrected chi connectivity index (χ3v) is 7.19. The minimum Gasteiger partial charge on any atom is -0.497 e. The lowest BCUT2D eigenvalue weighted by Crippen LogP contribution is -2.41. The molecule has 36 heavy (non-hydrogen) atoms. The van der Waals surface area contributed by atoms with Gasteiger partial charge >= 0.3 is 5.97 Å². The van der Waals surface area contributed by atoms with Crippen molar-refractivity contribution in [3.05, 3.63) is 71.4 Å². The Balaban J connectivity index is 1.39. The molecule has 2 heterocycles. The number of aryl methyl sites for hydroxylation is 1. The van der Waals surface area contributed by atoms with Gasteiger partial charge in [0.15, 0.2) is 0 Å². The largest absolute Gasteiger partial charge is 0.497 e. The molecule has 3 aromatic rings. The van der Waals surface area contributed by atoms with Crippen molar-refractivity contribution in [2.45, 2.75) is 38.8 Å². The first-order valence-electron chi connectivity index (χ1n) is 12.5. The summed E-state index contributed by atoms with van der Waals surface area (Å²) in [6, 6.07) is 15.3. The summed E-state index contributed by atoms with van der Waals surface area (Å²) in [5.74, 6) is 6.51. The molecule has 1 aliphatic heterocycles. The average Bonchev–Trinajstić information content (AvgIpc) is 2.88. The highest BCUT2D eigenvalue weighted by Crippen LogP contribution is 2.36. The Bertz CT molecular complexity index is 1270. The van der Waals surface area contributed by atoms with Crippen LogP contribution in [-0.2, 0) is 4.79 Å². The van der Waals surface area contributed by atoms with E-state index in [1.165, 1.54) is 0 Å². The second-order valence-electron chi connectivity index (χ2n) is 9.59. The Morgan fingerprint density at radius 2 is 2.08 bits per heavy atom. The van der Waals surface area contributed by atoms with E-state index >= 15 is 4.39 Å². The molecule has 6 heteroatoms. The van der Waals surface area contributed by atoms with Crippen LogP contribution in [0.5, 0.6) is 5.75 Å². The van der Waals surface area contributed by atoms with Crippen LogP contribution in [0.4, 0.5) is 4.39 Å². The molecule has 0 aliphatic carbocycles. The summed E-state index contributed by atoms with van der Waals surface area (Å²) >= 11 is 0. The Hall–Kier alpha value is -3.43. The third kappa shape index (κ3) is 6.41. The van der Waals surface area contributed by atoms with Gasteiger partial charge in [0, 0.05) is 30.1 Å². The summed E-state index contributed by atoms with van der Waals surface area (Å²) in [5.41, 5.74) is 3.51. The van der Waals surface area contributed by atoms with Crippen LogP contribution < -0.4 is 4.74 Å². The number of piperidine rings is 1. The first-order chi connectivity index (χ1) is 17.4. The van der Waals surface area contributed by atoms with E-state index in [1.807, 2.05) is 49.4 Å². The van der Waals surface area contributed by atoms with Crippen molar-refractivity contribution in [1.82, 2.24) is 9.88 Å². The standard InChI is InChI=1S/C30H33FN2O3/c1-21-6-3-4-7-22(21)8-5-16-33-17-14-23(24(20-33)18-30(34)35)9-11-28(31)26-13-15-32-29-12-10-25(36-2)19-27(26)29/h3-4,6-7,10,12-13,15,19,23-24,28H,9,11,14,16-18,20H2,1-2H3,(H,34,35)/t23-,24+,28?/m1/s1. The van der Waals surface area contributed by atoms with Crippen molar-refractivity contribution in [1.29, 1.82) is 0 Å². The number of hydrogen-bond acceptors (Lipinski definition) is 4. The number of ether oxygens (including phenoxy) is 1. The van der Waals surface area contributed by atoms with Gasteiger partial charge in [-0.15, -0.1) is 0 Å². The molecule has 2 aromatic carbocycles. The summed E-state index contributed by atoms with van der Waals surface area (Å²) in [4.78, 5) is 18.2. The molecule has 188 valence electrons. The molecule has 4 rings (SSSR count). The SMILES string of the molecule is COc1ccc2nccc(C(F)CC[C@@H]3CCN(CC#Cc4ccccc4C)C[C@@H]3CC(=O)O)c2c1. The lowest BCUT2D eigenvalue weighted by molar-refractivity contribution is -0.139. The predicted molar refractivity (Wildman–Crippen MR) is 140 cm³/mol.